The van der Waals surface area contributed by atoms with Crippen LogP contribution in [0.15, 0.2) is 35.2 Å². The van der Waals surface area contributed by atoms with Gasteiger partial charge in [0, 0.05) is 12.1 Å². The number of hydrogen-bond acceptors (Lipinski definition) is 5. The van der Waals surface area contributed by atoms with Crippen LogP contribution in [0.25, 0.3) is 0 Å². The smallest absolute Gasteiger partial charge is 0.328 e. The third-order valence-corrected chi connectivity index (χ3v) is 6.35. The van der Waals surface area contributed by atoms with Crippen molar-refractivity contribution in [3.63, 3.8) is 0 Å². The first-order valence-electron chi connectivity index (χ1n) is 9.58. The number of carbonyl (C=O) groups is 3. The molecule has 30 heavy (non-hydrogen) atoms. The fourth-order valence-electron chi connectivity index (χ4n) is 3.07. The van der Waals surface area contributed by atoms with Gasteiger partial charge in [-0.25, -0.2) is 18.0 Å². The maximum absolute atomic E-state index is 12.9. The molecule has 4 N–H and O–H groups in total. The molecule has 0 radical (unpaired) electrons. The molecule has 1 saturated heterocycles. The van der Waals surface area contributed by atoms with Gasteiger partial charge in [0.05, 0.1) is 11.4 Å². The Hall–Kier alpha value is -2.66. The highest BCUT2D eigenvalue weighted by molar-refractivity contribution is 7.89. The average molecular weight is 441 g/mol. The fourth-order valence-corrected chi connectivity index (χ4v) is 4.74. The lowest BCUT2D eigenvalue weighted by Gasteiger charge is -2.25. The minimum atomic E-state index is -3.89. The molecule has 1 aromatic carbocycles. The van der Waals surface area contributed by atoms with Gasteiger partial charge in [-0.05, 0) is 45.7 Å². The van der Waals surface area contributed by atoms with Gasteiger partial charge in [0.15, 0.2) is 0 Å². The number of carbonyl (C=O) groups excluding carboxylic acids is 2. The monoisotopic (exact) mass is 440 g/mol. The van der Waals surface area contributed by atoms with E-state index in [1.807, 2.05) is 0 Å². The van der Waals surface area contributed by atoms with Crippen LogP contribution in [0.4, 0.5) is 4.79 Å². The zero-order valence-corrected chi connectivity index (χ0v) is 18.0. The third kappa shape index (κ3) is 6.17. The van der Waals surface area contributed by atoms with Crippen LogP contribution in [0, 0.1) is 0 Å². The molecule has 0 aliphatic carbocycles. The second-order valence-electron chi connectivity index (χ2n) is 8.07. The second kappa shape index (κ2) is 9.43. The number of benzene rings is 1. The predicted molar refractivity (Wildman–Crippen MR) is 109 cm³/mol. The van der Waals surface area contributed by atoms with Crippen LogP contribution < -0.4 is 16.0 Å². The molecule has 0 bridgehead atoms. The Morgan fingerprint density at radius 2 is 1.83 bits per heavy atom. The molecule has 166 valence electrons. The SMILES string of the molecule is CC(C)(C)NC(=O)NC[C@H](NC(=O)[C@@H]1CCCN1S(=O)(=O)c1ccccc1)C(=O)O. The van der Waals surface area contributed by atoms with Gasteiger partial charge in [-0.1, -0.05) is 18.2 Å². The summed E-state index contributed by atoms with van der Waals surface area (Å²) < 4.78 is 26.9. The minimum absolute atomic E-state index is 0.0694. The second-order valence-corrected chi connectivity index (χ2v) is 9.96. The van der Waals surface area contributed by atoms with Gasteiger partial charge in [-0.3, -0.25) is 4.79 Å². The van der Waals surface area contributed by atoms with E-state index in [0.29, 0.717) is 6.42 Å². The molecule has 11 heteroatoms. The molecule has 1 aliphatic rings. The van der Waals surface area contributed by atoms with Crippen LogP contribution in [0.3, 0.4) is 0 Å². The van der Waals surface area contributed by atoms with E-state index in [2.05, 4.69) is 16.0 Å². The molecule has 2 rings (SSSR count). The molecule has 1 aromatic rings. The Labute approximate surface area is 176 Å². The molecule has 1 heterocycles. The lowest BCUT2D eigenvalue weighted by Crippen LogP contribution is -2.55. The number of hydrogen-bond donors (Lipinski definition) is 4. The van der Waals surface area contributed by atoms with Crippen LogP contribution in [0.5, 0.6) is 0 Å². The van der Waals surface area contributed by atoms with Crippen LogP contribution in [-0.2, 0) is 19.6 Å². The predicted octanol–water partition coefficient (Wildman–Crippen LogP) is 0.507. The van der Waals surface area contributed by atoms with E-state index >= 15 is 0 Å². The zero-order chi connectivity index (χ0) is 22.5. The van der Waals surface area contributed by atoms with E-state index in [1.165, 1.54) is 12.1 Å². The largest absolute Gasteiger partial charge is 0.480 e. The van der Waals surface area contributed by atoms with Crippen molar-refractivity contribution in [3.8, 4) is 0 Å². The van der Waals surface area contributed by atoms with Gasteiger partial charge in [0.2, 0.25) is 15.9 Å². The number of rotatable bonds is 7. The highest BCUT2D eigenvalue weighted by atomic mass is 32.2. The first-order chi connectivity index (χ1) is 13.9. The highest BCUT2D eigenvalue weighted by Crippen LogP contribution is 2.26. The number of sulfonamides is 1. The maximum Gasteiger partial charge on any atom is 0.328 e. The molecular formula is C19H28N4O6S. The van der Waals surface area contributed by atoms with Crippen molar-refractivity contribution in [2.24, 2.45) is 0 Å². The summed E-state index contributed by atoms with van der Waals surface area (Å²) in [5.41, 5.74) is -0.512. The van der Waals surface area contributed by atoms with Crippen molar-refractivity contribution in [3.05, 3.63) is 30.3 Å². The maximum atomic E-state index is 12.9. The van der Waals surface area contributed by atoms with E-state index in [1.54, 1.807) is 39.0 Å². The van der Waals surface area contributed by atoms with Crippen molar-refractivity contribution >= 4 is 27.9 Å². The Kier molecular flexibility index (Phi) is 7.43. The molecule has 1 fully saturated rings. The van der Waals surface area contributed by atoms with Crippen molar-refractivity contribution < 1.29 is 27.9 Å². The summed E-state index contributed by atoms with van der Waals surface area (Å²) in [5, 5.41) is 16.8. The summed E-state index contributed by atoms with van der Waals surface area (Å²) in [4.78, 5) is 36.2. The van der Waals surface area contributed by atoms with Crippen LogP contribution in [0.1, 0.15) is 33.6 Å². The van der Waals surface area contributed by atoms with Crippen LogP contribution >= 0.6 is 0 Å². The molecule has 0 aromatic heterocycles. The van der Waals surface area contributed by atoms with Crippen molar-refractivity contribution in [2.45, 2.75) is 56.1 Å². The Balaban J connectivity index is 2.06. The molecule has 10 nitrogen and oxygen atoms in total. The van der Waals surface area contributed by atoms with E-state index in [4.69, 9.17) is 0 Å². The number of urea groups is 1. The van der Waals surface area contributed by atoms with Crippen molar-refractivity contribution in [1.29, 1.82) is 0 Å². The van der Waals surface area contributed by atoms with E-state index in [9.17, 15) is 27.9 Å². The summed E-state index contributed by atoms with van der Waals surface area (Å²) in [6.45, 7) is 5.13. The summed E-state index contributed by atoms with van der Waals surface area (Å²) in [5.74, 6) is -2.05. The van der Waals surface area contributed by atoms with Gasteiger partial charge in [-0.2, -0.15) is 4.31 Å². The Morgan fingerprint density at radius 3 is 2.40 bits per heavy atom. The number of aliphatic carboxylic acids is 1. The summed E-state index contributed by atoms with van der Waals surface area (Å²) in [6, 6.07) is 4.77. The molecule has 0 spiro atoms. The zero-order valence-electron chi connectivity index (χ0n) is 17.2. The lowest BCUT2D eigenvalue weighted by molar-refractivity contribution is -0.142. The van der Waals surface area contributed by atoms with Gasteiger partial charge in [-0.15, -0.1) is 0 Å². The number of nitrogens with zero attached hydrogens (tertiary/aromatic N) is 1. The van der Waals surface area contributed by atoms with Crippen LogP contribution in [0.2, 0.25) is 0 Å². The average Bonchev–Trinajstić information content (AvgIpc) is 3.15. The molecule has 3 amide bonds. The van der Waals surface area contributed by atoms with E-state index in [-0.39, 0.29) is 24.4 Å². The van der Waals surface area contributed by atoms with Crippen LogP contribution in [-0.4, -0.2) is 66.4 Å². The quantitative estimate of drug-likeness (QED) is 0.486. The van der Waals surface area contributed by atoms with Gasteiger partial charge < -0.3 is 21.1 Å². The van der Waals surface area contributed by atoms with Crippen molar-refractivity contribution in [1.82, 2.24) is 20.3 Å². The Morgan fingerprint density at radius 1 is 1.20 bits per heavy atom. The molecule has 1 aliphatic heterocycles. The molecule has 0 saturated carbocycles. The number of carboxylic acids is 1. The number of nitrogens with one attached hydrogen (secondary N) is 3. The fraction of sp³-hybridized carbons (Fsp3) is 0.526. The summed E-state index contributed by atoms with van der Waals surface area (Å²) in [7, 11) is -3.89. The summed E-state index contributed by atoms with van der Waals surface area (Å²) >= 11 is 0. The molecule has 2 atom stereocenters. The number of amides is 3. The van der Waals surface area contributed by atoms with Gasteiger partial charge in [0.1, 0.15) is 12.1 Å². The lowest BCUT2D eigenvalue weighted by atomic mass is 10.1. The Bertz CT molecular complexity index is 882. The highest BCUT2D eigenvalue weighted by Gasteiger charge is 2.40. The van der Waals surface area contributed by atoms with Crippen molar-refractivity contribution in [2.75, 3.05) is 13.1 Å². The van der Waals surface area contributed by atoms with E-state index < -0.39 is 45.6 Å². The standard InChI is InChI=1S/C19H28N4O6S/c1-19(2,3)22-18(27)20-12-14(17(25)26)21-16(24)15-10-7-11-23(15)30(28,29)13-8-5-4-6-9-13/h4-6,8-9,14-15H,7,10-12H2,1-3H3,(H,21,24)(H,25,26)(H2,20,22,27)/t14-,15-/m0/s1. The number of carboxylic acid groups (broad SMARTS) is 1. The van der Waals surface area contributed by atoms with Gasteiger partial charge >= 0.3 is 12.0 Å². The topological polar surface area (TPSA) is 145 Å². The first-order valence-corrected chi connectivity index (χ1v) is 11.0. The molecular weight excluding hydrogens is 412 g/mol. The van der Waals surface area contributed by atoms with Gasteiger partial charge in [0.25, 0.3) is 0 Å². The van der Waals surface area contributed by atoms with E-state index in [0.717, 1.165) is 4.31 Å². The summed E-state index contributed by atoms with van der Waals surface area (Å²) in [6.07, 6.45) is 0.760. The first kappa shape index (κ1) is 23.6. The molecule has 0 unspecified atom stereocenters. The normalized spacial score (nSPS) is 18.4. The third-order valence-electron chi connectivity index (χ3n) is 4.43. The minimum Gasteiger partial charge on any atom is -0.480 e.